The number of fused-ring (bicyclic) bond motifs is 1. The zero-order valence-electron chi connectivity index (χ0n) is 10.1. The van der Waals surface area contributed by atoms with Gasteiger partial charge in [-0.15, -0.1) is 11.3 Å². The summed E-state index contributed by atoms with van der Waals surface area (Å²) in [7, 11) is 0. The van der Waals surface area contributed by atoms with Crippen LogP contribution in [0.15, 0.2) is 34.9 Å². The number of hydrogen-bond acceptors (Lipinski definition) is 5. The van der Waals surface area contributed by atoms with E-state index >= 15 is 0 Å². The minimum absolute atomic E-state index is 0.201. The summed E-state index contributed by atoms with van der Waals surface area (Å²) in [6.45, 7) is 1.77. The van der Waals surface area contributed by atoms with E-state index in [2.05, 4.69) is 10.5 Å². The highest BCUT2D eigenvalue weighted by Crippen LogP contribution is 2.27. The molecule has 3 aromatic rings. The largest absolute Gasteiger partial charge is 0.399 e. The van der Waals surface area contributed by atoms with Gasteiger partial charge in [0.2, 0.25) is 0 Å². The normalized spacial score (nSPS) is 10.8. The van der Waals surface area contributed by atoms with Crippen LogP contribution in [0, 0.1) is 6.92 Å². The van der Waals surface area contributed by atoms with Gasteiger partial charge >= 0.3 is 0 Å². The van der Waals surface area contributed by atoms with Crippen molar-refractivity contribution in [1.29, 1.82) is 0 Å². The zero-order valence-corrected chi connectivity index (χ0v) is 11.0. The van der Waals surface area contributed by atoms with Gasteiger partial charge in [0.1, 0.15) is 5.76 Å². The number of amides is 1. The molecular formula is C13H11N3O2S. The van der Waals surface area contributed by atoms with Crippen molar-refractivity contribution >= 4 is 38.8 Å². The smallest absolute Gasteiger partial charge is 0.267 e. The lowest BCUT2D eigenvalue weighted by Gasteiger charge is -1.96. The maximum atomic E-state index is 12.1. The zero-order chi connectivity index (χ0) is 13.4. The predicted molar refractivity (Wildman–Crippen MR) is 75.4 cm³/mol. The number of anilines is 2. The molecule has 0 saturated carbocycles. The summed E-state index contributed by atoms with van der Waals surface area (Å²) in [5, 5.41) is 7.38. The molecule has 6 heteroatoms. The maximum Gasteiger partial charge on any atom is 0.267 e. The fraction of sp³-hybridized carbons (Fsp3) is 0.0769. The monoisotopic (exact) mass is 273 g/mol. The fourth-order valence-electron chi connectivity index (χ4n) is 1.78. The Kier molecular flexibility index (Phi) is 2.72. The Balaban J connectivity index is 1.89. The van der Waals surface area contributed by atoms with Crippen LogP contribution in [-0.4, -0.2) is 11.1 Å². The molecule has 0 aliphatic heterocycles. The van der Waals surface area contributed by atoms with Crippen molar-refractivity contribution in [1.82, 2.24) is 5.16 Å². The Labute approximate surface area is 113 Å². The first-order chi connectivity index (χ1) is 9.11. The molecule has 0 aliphatic rings. The van der Waals surface area contributed by atoms with Gasteiger partial charge in [0.25, 0.3) is 5.91 Å². The number of aryl methyl sites for hydroxylation is 1. The van der Waals surface area contributed by atoms with Crippen LogP contribution in [0.1, 0.15) is 15.4 Å². The average molecular weight is 273 g/mol. The van der Waals surface area contributed by atoms with Gasteiger partial charge in [-0.3, -0.25) is 4.79 Å². The lowest BCUT2D eigenvalue weighted by atomic mass is 10.2. The van der Waals surface area contributed by atoms with Crippen molar-refractivity contribution in [3.05, 3.63) is 41.0 Å². The molecule has 96 valence electrons. The first kappa shape index (κ1) is 11.7. The van der Waals surface area contributed by atoms with Crippen molar-refractivity contribution in [2.75, 3.05) is 11.1 Å². The first-order valence-corrected chi connectivity index (χ1v) is 6.47. The second-order valence-electron chi connectivity index (χ2n) is 4.18. The summed E-state index contributed by atoms with van der Waals surface area (Å²) in [5.74, 6) is 0.868. The molecule has 2 aromatic heterocycles. The van der Waals surface area contributed by atoms with E-state index in [1.54, 1.807) is 13.0 Å². The minimum atomic E-state index is -0.201. The molecule has 0 saturated heterocycles. The molecule has 19 heavy (non-hydrogen) atoms. The lowest BCUT2D eigenvalue weighted by molar-refractivity contribution is 0.102. The van der Waals surface area contributed by atoms with Gasteiger partial charge in [0.15, 0.2) is 5.82 Å². The number of nitrogens with zero attached hydrogens (tertiary/aromatic N) is 1. The van der Waals surface area contributed by atoms with Crippen molar-refractivity contribution < 1.29 is 9.32 Å². The first-order valence-electron chi connectivity index (χ1n) is 5.65. The third kappa shape index (κ3) is 2.30. The number of aromatic nitrogens is 1. The van der Waals surface area contributed by atoms with Crippen molar-refractivity contribution in [2.45, 2.75) is 6.92 Å². The Morgan fingerprint density at radius 3 is 2.95 bits per heavy atom. The van der Waals surface area contributed by atoms with Gasteiger partial charge in [0, 0.05) is 16.5 Å². The van der Waals surface area contributed by atoms with Crippen LogP contribution in [0.25, 0.3) is 10.1 Å². The summed E-state index contributed by atoms with van der Waals surface area (Å²) in [6, 6.07) is 9.07. The average Bonchev–Trinajstić information content (AvgIpc) is 2.95. The second-order valence-corrected chi connectivity index (χ2v) is 5.27. The second kappa shape index (κ2) is 4.40. The summed E-state index contributed by atoms with van der Waals surface area (Å²) in [5.41, 5.74) is 6.40. The Hall–Kier alpha value is -2.34. The van der Waals surface area contributed by atoms with Gasteiger partial charge < -0.3 is 15.6 Å². The van der Waals surface area contributed by atoms with E-state index < -0.39 is 0 Å². The van der Waals surface area contributed by atoms with E-state index in [4.69, 9.17) is 10.3 Å². The number of carbonyl (C=O) groups excluding carboxylic acids is 1. The Morgan fingerprint density at radius 2 is 2.21 bits per heavy atom. The number of hydrogen-bond donors (Lipinski definition) is 2. The molecule has 0 radical (unpaired) electrons. The summed E-state index contributed by atoms with van der Waals surface area (Å²) < 4.78 is 5.92. The van der Waals surface area contributed by atoms with Crippen LogP contribution in [0.3, 0.4) is 0 Å². The van der Waals surface area contributed by atoms with E-state index in [0.29, 0.717) is 22.1 Å². The number of thiophene rings is 1. The molecule has 1 aromatic carbocycles. The van der Waals surface area contributed by atoms with Gasteiger partial charge in [0.05, 0.1) is 4.88 Å². The Bertz CT molecular complexity index is 760. The molecule has 0 atom stereocenters. The number of carbonyl (C=O) groups is 1. The van der Waals surface area contributed by atoms with E-state index in [1.165, 1.54) is 11.3 Å². The number of nitrogen functional groups attached to an aromatic ring is 1. The molecule has 5 nitrogen and oxygen atoms in total. The highest BCUT2D eigenvalue weighted by molar-refractivity contribution is 7.20. The van der Waals surface area contributed by atoms with Gasteiger partial charge in [-0.2, -0.15) is 0 Å². The molecule has 3 N–H and O–H groups in total. The molecular weight excluding hydrogens is 262 g/mol. The number of benzene rings is 1. The van der Waals surface area contributed by atoms with Crippen LogP contribution < -0.4 is 11.1 Å². The minimum Gasteiger partial charge on any atom is -0.399 e. The van der Waals surface area contributed by atoms with Crippen molar-refractivity contribution in [3.63, 3.8) is 0 Å². The predicted octanol–water partition coefficient (Wildman–Crippen LogP) is 3.03. The van der Waals surface area contributed by atoms with Crippen LogP contribution >= 0.6 is 11.3 Å². The fourth-order valence-corrected chi connectivity index (χ4v) is 2.72. The van der Waals surface area contributed by atoms with Crippen molar-refractivity contribution in [2.24, 2.45) is 0 Å². The highest BCUT2D eigenvalue weighted by atomic mass is 32.1. The third-order valence-electron chi connectivity index (χ3n) is 2.63. The Morgan fingerprint density at radius 1 is 1.37 bits per heavy atom. The number of rotatable bonds is 2. The van der Waals surface area contributed by atoms with E-state index in [9.17, 15) is 4.79 Å². The molecule has 0 aliphatic carbocycles. The molecule has 2 heterocycles. The van der Waals surface area contributed by atoms with E-state index in [-0.39, 0.29) is 5.91 Å². The number of nitrogens with two attached hydrogens (primary N) is 1. The molecule has 1 amide bonds. The SMILES string of the molecule is Cc1cc(NC(=O)c2cc3cc(N)ccc3s2)no1. The van der Waals surface area contributed by atoms with Gasteiger partial charge in [-0.25, -0.2) is 0 Å². The summed E-state index contributed by atoms with van der Waals surface area (Å²) >= 11 is 1.41. The van der Waals surface area contributed by atoms with Crippen LogP contribution in [0.4, 0.5) is 11.5 Å². The van der Waals surface area contributed by atoms with E-state index in [1.807, 2.05) is 24.3 Å². The quantitative estimate of drug-likeness (QED) is 0.703. The van der Waals surface area contributed by atoms with Crippen LogP contribution in [-0.2, 0) is 0 Å². The third-order valence-corrected chi connectivity index (χ3v) is 3.75. The number of nitrogens with one attached hydrogen (secondary N) is 1. The molecule has 0 unspecified atom stereocenters. The molecule has 0 spiro atoms. The molecule has 0 bridgehead atoms. The summed E-state index contributed by atoms with van der Waals surface area (Å²) in [6.07, 6.45) is 0. The molecule has 3 rings (SSSR count). The maximum absolute atomic E-state index is 12.1. The lowest BCUT2D eigenvalue weighted by Crippen LogP contribution is -2.10. The summed E-state index contributed by atoms with van der Waals surface area (Å²) in [4.78, 5) is 12.7. The van der Waals surface area contributed by atoms with Crippen LogP contribution in [0.5, 0.6) is 0 Å². The molecule has 0 fully saturated rings. The topological polar surface area (TPSA) is 81.2 Å². The van der Waals surface area contributed by atoms with Gasteiger partial charge in [-0.1, -0.05) is 5.16 Å². The van der Waals surface area contributed by atoms with Crippen molar-refractivity contribution in [3.8, 4) is 0 Å². The van der Waals surface area contributed by atoms with E-state index in [0.717, 1.165) is 10.1 Å². The van der Waals surface area contributed by atoms with Crippen LogP contribution in [0.2, 0.25) is 0 Å². The van der Waals surface area contributed by atoms with Gasteiger partial charge in [-0.05, 0) is 36.6 Å². The highest BCUT2D eigenvalue weighted by Gasteiger charge is 2.12. The standard InChI is InChI=1S/C13H11N3O2S/c1-7-4-12(16-18-7)15-13(17)11-6-8-5-9(14)2-3-10(8)19-11/h2-6H,14H2,1H3,(H,15,16,17).